The van der Waals surface area contributed by atoms with Gasteiger partial charge in [-0.3, -0.25) is 4.79 Å². The van der Waals surface area contributed by atoms with Gasteiger partial charge in [-0.1, -0.05) is 53.7 Å². The number of carbonyl (C=O) groups is 1. The predicted molar refractivity (Wildman–Crippen MR) is 95.4 cm³/mol. The van der Waals surface area contributed by atoms with Gasteiger partial charge in [-0.05, 0) is 29.8 Å². The lowest BCUT2D eigenvalue weighted by Gasteiger charge is -2.04. The van der Waals surface area contributed by atoms with E-state index in [0.29, 0.717) is 16.7 Å². The van der Waals surface area contributed by atoms with Gasteiger partial charge in [0.15, 0.2) is 0 Å². The van der Waals surface area contributed by atoms with E-state index < -0.39 is 0 Å². The van der Waals surface area contributed by atoms with Gasteiger partial charge in [0, 0.05) is 11.6 Å². The normalized spacial score (nSPS) is 10.5. The molecule has 1 amide bonds. The van der Waals surface area contributed by atoms with Crippen molar-refractivity contribution in [1.82, 2.24) is 20.1 Å². The molecule has 0 unspecified atom stereocenters. The number of rotatable bonds is 6. The predicted octanol–water partition coefficient (Wildman–Crippen LogP) is 3.33. The molecule has 0 fully saturated rings. The van der Waals surface area contributed by atoms with E-state index in [1.54, 1.807) is 23.1 Å². The van der Waals surface area contributed by atoms with Crippen LogP contribution in [0.1, 0.15) is 5.56 Å². The maximum atomic E-state index is 11.9. The van der Waals surface area contributed by atoms with E-state index in [1.165, 1.54) is 11.8 Å². The topological polar surface area (TPSA) is 59.8 Å². The number of benzene rings is 2. The third-order valence-corrected chi connectivity index (χ3v) is 4.33. The molecule has 0 aliphatic carbocycles. The molecule has 1 heterocycles. The zero-order valence-electron chi connectivity index (χ0n) is 12.7. The molecule has 0 atom stereocenters. The molecule has 0 saturated carbocycles. The Balaban J connectivity index is 1.48. The fourth-order valence-electron chi connectivity index (χ4n) is 2.00. The minimum atomic E-state index is -0.0639. The number of hydrogen-bond donors (Lipinski definition) is 1. The van der Waals surface area contributed by atoms with Crippen molar-refractivity contribution in [2.75, 3.05) is 5.75 Å². The number of nitrogens with one attached hydrogen (secondary N) is 1. The van der Waals surface area contributed by atoms with Crippen LogP contribution >= 0.6 is 23.4 Å². The van der Waals surface area contributed by atoms with Crippen LogP contribution in [-0.2, 0) is 11.3 Å². The van der Waals surface area contributed by atoms with Crippen molar-refractivity contribution in [3.05, 3.63) is 71.5 Å². The molecule has 0 spiro atoms. The Labute approximate surface area is 149 Å². The highest BCUT2D eigenvalue weighted by atomic mass is 35.5. The Morgan fingerprint density at radius 1 is 1.12 bits per heavy atom. The molecule has 0 radical (unpaired) electrons. The van der Waals surface area contributed by atoms with Crippen molar-refractivity contribution >= 4 is 29.3 Å². The number of aromatic nitrogens is 3. The molecule has 0 bridgehead atoms. The average Bonchev–Trinajstić information content (AvgIpc) is 3.09. The van der Waals surface area contributed by atoms with Gasteiger partial charge < -0.3 is 5.32 Å². The van der Waals surface area contributed by atoms with Crippen molar-refractivity contribution in [3.8, 4) is 5.69 Å². The number of thioether (sulfide) groups is 1. The lowest BCUT2D eigenvalue weighted by molar-refractivity contribution is -0.118. The number of hydrogen-bond acceptors (Lipinski definition) is 4. The fraction of sp³-hybridized carbons (Fsp3) is 0.118. The summed E-state index contributed by atoms with van der Waals surface area (Å²) in [5.74, 6) is 0.206. The molecule has 1 aromatic heterocycles. The van der Waals surface area contributed by atoms with E-state index in [2.05, 4.69) is 15.4 Å². The van der Waals surface area contributed by atoms with E-state index in [0.717, 1.165) is 11.3 Å². The Bertz CT molecular complexity index is 805. The van der Waals surface area contributed by atoms with E-state index in [1.807, 2.05) is 42.5 Å². The molecule has 0 saturated heterocycles. The molecule has 7 heteroatoms. The number of halogens is 1. The largest absolute Gasteiger partial charge is 0.351 e. The van der Waals surface area contributed by atoms with Crippen molar-refractivity contribution in [2.24, 2.45) is 0 Å². The number of nitrogens with zero attached hydrogens (tertiary/aromatic N) is 3. The number of para-hydroxylation sites is 1. The molecule has 0 aliphatic rings. The highest BCUT2D eigenvalue weighted by molar-refractivity contribution is 7.99. The number of carbonyl (C=O) groups excluding carboxylic acids is 1. The minimum Gasteiger partial charge on any atom is -0.351 e. The van der Waals surface area contributed by atoms with Gasteiger partial charge >= 0.3 is 0 Å². The van der Waals surface area contributed by atoms with Crippen LogP contribution in [0.4, 0.5) is 0 Å². The van der Waals surface area contributed by atoms with Crippen LogP contribution in [0.15, 0.2) is 66.1 Å². The van der Waals surface area contributed by atoms with E-state index in [9.17, 15) is 4.79 Å². The molecule has 1 N–H and O–H groups in total. The summed E-state index contributed by atoms with van der Waals surface area (Å²) in [6.07, 6.45) is 1.64. The van der Waals surface area contributed by atoms with Crippen LogP contribution in [0, 0.1) is 0 Å². The zero-order chi connectivity index (χ0) is 16.8. The molecule has 3 rings (SSSR count). The summed E-state index contributed by atoms with van der Waals surface area (Å²) in [5.41, 5.74) is 1.94. The second-order valence-electron chi connectivity index (χ2n) is 5.00. The summed E-state index contributed by atoms with van der Waals surface area (Å²) in [5, 5.41) is 8.47. The first-order chi connectivity index (χ1) is 11.7. The molecule has 5 nitrogen and oxygen atoms in total. The van der Waals surface area contributed by atoms with Crippen LogP contribution in [0.5, 0.6) is 0 Å². The second-order valence-corrected chi connectivity index (χ2v) is 6.38. The fourth-order valence-corrected chi connectivity index (χ4v) is 2.76. The van der Waals surface area contributed by atoms with E-state index in [4.69, 9.17) is 11.6 Å². The SMILES string of the molecule is O=C(CSc1ncn(-c2ccccc2)n1)NCc1ccc(Cl)cc1. The van der Waals surface area contributed by atoms with Crippen molar-refractivity contribution < 1.29 is 4.79 Å². The molecule has 0 aliphatic heterocycles. The van der Waals surface area contributed by atoms with Gasteiger partial charge in [0.1, 0.15) is 6.33 Å². The maximum absolute atomic E-state index is 11.9. The quantitative estimate of drug-likeness (QED) is 0.687. The lowest BCUT2D eigenvalue weighted by Crippen LogP contribution is -2.24. The van der Waals surface area contributed by atoms with Gasteiger partial charge in [-0.15, -0.1) is 5.10 Å². The Hall–Kier alpha value is -2.31. The van der Waals surface area contributed by atoms with Crippen molar-refractivity contribution in [1.29, 1.82) is 0 Å². The van der Waals surface area contributed by atoms with E-state index >= 15 is 0 Å². The van der Waals surface area contributed by atoms with Crippen LogP contribution in [0.2, 0.25) is 5.02 Å². The standard InChI is InChI=1S/C17H15ClN4OS/c18-14-8-6-13(7-9-14)10-19-16(23)11-24-17-20-12-22(21-17)15-4-2-1-3-5-15/h1-9,12H,10-11H2,(H,19,23). The Kier molecular flexibility index (Phi) is 5.51. The van der Waals surface area contributed by atoms with Crippen LogP contribution < -0.4 is 5.32 Å². The van der Waals surface area contributed by atoms with Crippen molar-refractivity contribution in [2.45, 2.75) is 11.7 Å². The first kappa shape index (κ1) is 16.5. The lowest BCUT2D eigenvalue weighted by atomic mass is 10.2. The van der Waals surface area contributed by atoms with Gasteiger partial charge in [-0.25, -0.2) is 9.67 Å². The Morgan fingerprint density at radius 2 is 1.88 bits per heavy atom. The summed E-state index contributed by atoms with van der Waals surface area (Å²) >= 11 is 7.14. The molecular formula is C17H15ClN4OS. The second kappa shape index (κ2) is 7.99. The highest BCUT2D eigenvalue weighted by Crippen LogP contribution is 2.14. The highest BCUT2D eigenvalue weighted by Gasteiger charge is 2.07. The molecule has 2 aromatic carbocycles. The minimum absolute atomic E-state index is 0.0639. The Morgan fingerprint density at radius 3 is 2.62 bits per heavy atom. The summed E-state index contributed by atoms with van der Waals surface area (Å²) in [6, 6.07) is 17.1. The van der Waals surface area contributed by atoms with E-state index in [-0.39, 0.29) is 11.7 Å². The molecule has 24 heavy (non-hydrogen) atoms. The smallest absolute Gasteiger partial charge is 0.230 e. The van der Waals surface area contributed by atoms with Gasteiger partial charge in [0.05, 0.1) is 11.4 Å². The number of amides is 1. The third kappa shape index (κ3) is 4.59. The first-order valence-electron chi connectivity index (χ1n) is 7.32. The van der Waals surface area contributed by atoms with Crippen LogP contribution in [0.25, 0.3) is 5.69 Å². The summed E-state index contributed by atoms with van der Waals surface area (Å²) in [6.45, 7) is 0.475. The van der Waals surface area contributed by atoms with Crippen LogP contribution in [0.3, 0.4) is 0 Å². The molecule has 122 valence electrons. The summed E-state index contributed by atoms with van der Waals surface area (Å²) in [4.78, 5) is 16.1. The molecule has 3 aromatic rings. The van der Waals surface area contributed by atoms with Gasteiger partial charge in [-0.2, -0.15) is 0 Å². The first-order valence-corrected chi connectivity index (χ1v) is 8.68. The van der Waals surface area contributed by atoms with Crippen molar-refractivity contribution in [3.63, 3.8) is 0 Å². The monoisotopic (exact) mass is 358 g/mol. The third-order valence-electron chi connectivity index (χ3n) is 3.23. The van der Waals surface area contributed by atoms with Crippen LogP contribution in [-0.4, -0.2) is 26.4 Å². The average molecular weight is 359 g/mol. The molecular weight excluding hydrogens is 344 g/mol. The maximum Gasteiger partial charge on any atom is 0.230 e. The van der Waals surface area contributed by atoms with Gasteiger partial charge in [0.25, 0.3) is 0 Å². The summed E-state index contributed by atoms with van der Waals surface area (Å²) < 4.78 is 1.69. The van der Waals surface area contributed by atoms with Gasteiger partial charge in [0.2, 0.25) is 11.1 Å². The summed E-state index contributed by atoms with van der Waals surface area (Å²) in [7, 11) is 0. The zero-order valence-corrected chi connectivity index (χ0v) is 14.3.